The van der Waals surface area contributed by atoms with Crippen LogP contribution in [0.3, 0.4) is 0 Å². The van der Waals surface area contributed by atoms with Crippen LogP contribution in [-0.2, 0) is 4.74 Å². The van der Waals surface area contributed by atoms with Gasteiger partial charge in [-0.1, -0.05) is 11.8 Å². The van der Waals surface area contributed by atoms with E-state index in [0.29, 0.717) is 12.7 Å². The van der Waals surface area contributed by atoms with Crippen LogP contribution in [0.2, 0.25) is 0 Å². The maximum Gasteiger partial charge on any atom is 0.108 e. The molecule has 0 unspecified atom stereocenters. The summed E-state index contributed by atoms with van der Waals surface area (Å²) in [5.74, 6) is 5.29. The summed E-state index contributed by atoms with van der Waals surface area (Å²) in [4.78, 5) is 0. The molecule has 0 spiro atoms. The number of rotatable bonds is 2. The Morgan fingerprint density at radius 2 is 2.08 bits per heavy atom. The van der Waals surface area contributed by atoms with E-state index in [-0.39, 0.29) is 6.61 Å². The monoisotopic (exact) mass is 169 g/mol. The van der Waals surface area contributed by atoms with E-state index in [0.717, 1.165) is 25.9 Å². The number of hydrogen-bond donors (Lipinski definition) is 2. The van der Waals surface area contributed by atoms with Crippen LogP contribution in [-0.4, -0.2) is 37.5 Å². The number of ether oxygens (including phenoxy) is 1. The zero-order chi connectivity index (χ0) is 8.65. The molecular weight excluding hydrogens is 154 g/mol. The second-order valence-corrected chi connectivity index (χ2v) is 2.77. The Morgan fingerprint density at radius 1 is 1.33 bits per heavy atom. The van der Waals surface area contributed by atoms with Crippen LogP contribution in [0.4, 0.5) is 0 Å². The van der Waals surface area contributed by atoms with E-state index in [1.807, 2.05) is 0 Å². The molecule has 0 amide bonds. The molecule has 0 radical (unpaired) electrons. The molecule has 1 fully saturated rings. The molecule has 1 heterocycles. The van der Waals surface area contributed by atoms with Crippen molar-refractivity contribution in [2.24, 2.45) is 0 Å². The zero-order valence-electron chi connectivity index (χ0n) is 7.18. The van der Waals surface area contributed by atoms with E-state index in [2.05, 4.69) is 17.2 Å². The molecule has 0 saturated carbocycles. The molecule has 3 heteroatoms. The number of nitrogens with one attached hydrogen (secondary N) is 1. The Balaban J connectivity index is 2.05. The van der Waals surface area contributed by atoms with Gasteiger partial charge < -0.3 is 15.2 Å². The second-order valence-electron chi connectivity index (χ2n) is 2.77. The van der Waals surface area contributed by atoms with Crippen LogP contribution in [0.5, 0.6) is 0 Å². The van der Waals surface area contributed by atoms with E-state index in [4.69, 9.17) is 9.84 Å². The first-order valence-corrected chi connectivity index (χ1v) is 4.32. The van der Waals surface area contributed by atoms with Gasteiger partial charge in [-0.2, -0.15) is 0 Å². The Kier molecular flexibility index (Phi) is 4.77. The van der Waals surface area contributed by atoms with E-state index in [1.54, 1.807) is 0 Å². The fourth-order valence-electron chi connectivity index (χ4n) is 1.23. The highest BCUT2D eigenvalue weighted by Crippen LogP contribution is 2.05. The highest BCUT2D eigenvalue weighted by Gasteiger charge is 2.11. The molecular formula is C9H15NO2. The predicted octanol–water partition coefficient (Wildman–Crippen LogP) is -0.249. The Hall–Kier alpha value is -0.560. The maximum absolute atomic E-state index is 8.36. The van der Waals surface area contributed by atoms with Gasteiger partial charge in [0.25, 0.3) is 0 Å². The summed E-state index contributed by atoms with van der Waals surface area (Å²) in [6.45, 7) is 2.46. The third-order valence-electron chi connectivity index (χ3n) is 1.88. The van der Waals surface area contributed by atoms with E-state index < -0.39 is 0 Å². The van der Waals surface area contributed by atoms with Gasteiger partial charge in [-0.15, -0.1) is 0 Å². The third kappa shape index (κ3) is 3.72. The van der Waals surface area contributed by atoms with Crippen LogP contribution in [0, 0.1) is 11.8 Å². The molecule has 68 valence electrons. The van der Waals surface area contributed by atoms with Crippen molar-refractivity contribution < 1.29 is 9.84 Å². The quantitative estimate of drug-likeness (QED) is 0.560. The van der Waals surface area contributed by atoms with Crippen LogP contribution < -0.4 is 5.32 Å². The highest BCUT2D eigenvalue weighted by molar-refractivity contribution is 4.98. The zero-order valence-corrected chi connectivity index (χ0v) is 7.18. The summed E-state index contributed by atoms with van der Waals surface area (Å²) >= 11 is 0. The molecule has 0 atom stereocenters. The van der Waals surface area contributed by atoms with Gasteiger partial charge in [0.2, 0.25) is 0 Å². The van der Waals surface area contributed by atoms with Crippen LogP contribution in [0.15, 0.2) is 0 Å². The SMILES string of the molecule is OCC#CCOC1CCNCC1. The molecule has 1 aliphatic heterocycles. The minimum absolute atomic E-state index is 0.0738. The molecule has 1 rings (SSSR count). The van der Waals surface area contributed by atoms with Crippen molar-refractivity contribution in [3.63, 3.8) is 0 Å². The highest BCUT2D eigenvalue weighted by atomic mass is 16.5. The Labute approximate surface area is 73.1 Å². The van der Waals surface area contributed by atoms with Gasteiger partial charge >= 0.3 is 0 Å². The van der Waals surface area contributed by atoms with Gasteiger partial charge in [0.1, 0.15) is 13.2 Å². The second kappa shape index (κ2) is 6.01. The van der Waals surface area contributed by atoms with Crippen molar-refractivity contribution in [3.8, 4) is 11.8 Å². The van der Waals surface area contributed by atoms with Gasteiger partial charge in [-0.25, -0.2) is 0 Å². The summed E-state index contributed by atoms with van der Waals surface area (Å²) in [5, 5.41) is 11.6. The van der Waals surface area contributed by atoms with Crippen molar-refractivity contribution in [2.45, 2.75) is 18.9 Å². The summed E-state index contributed by atoms with van der Waals surface area (Å²) in [7, 11) is 0. The van der Waals surface area contributed by atoms with Crippen LogP contribution >= 0.6 is 0 Å². The fourth-order valence-corrected chi connectivity index (χ4v) is 1.23. The lowest BCUT2D eigenvalue weighted by atomic mass is 10.1. The average Bonchev–Trinajstić information content (AvgIpc) is 2.14. The molecule has 3 nitrogen and oxygen atoms in total. The summed E-state index contributed by atoms with van der Waals surface area (Å²) < 4.78 is 5.46. The van der Waals surface area contributed by atoms with E-state index in [9.17, 15) is 0 Å². The number of hydrogen-bond acceptors (Lipinski definition) is 3. The number of aliphatic hydroxyl groups is 1. The van der Waals surface area contributed by atoms with Crippen molar-refractivity contribution in [3.05, 3.63) is 0 Å². The first-order valence-electron chi connectivity index (χ1n) is 4.32. The summed E-state index contributed by atoms with van der Waals surface area (Å²) in [6, 6.07) is 0. The number of aliphatic hydroxyl groups excluding tert-OH is 1. The molecule has 0 aromatic carbocycles. The molecule has 0 bridgehead atoms. The molecule has 0 aromatic heterocycles. The molecule has 1 aliphatic rings. The largest absolute Gasteiger partial charge is 0.384 e. The van der Waals surface area contributed by atoms with Crippen molar-refractivity contribution in [2.75, 3.05) is 26.3 Å². The molecule has 1 saturated heterocycles. The lowest BCUT2D eigenvalue weighted by Crippen LogP contribution is -2.32. The minimum Gasteiger partial charge on any atom is -0.384 e. The maximum atomic E-state index is 8.36. The van der Waals surface area contributed by atoms with Gasteiger partial charge in [-0.05, 0) is 25.9 Å². The molecule has 2 N–H and O–H groups in total. The summed E-state index contributed by atoms with van der Waals surface area (Å²) in [5.41, 5.74) is 0. The van der Waals surface area contributed by atoms with Crippen molar-refractivity contribution >= 4 is 0 Å². The standard InChI is InChI=1S/C9H15NO2/c11-7-1-2-8-12-9-3-5-10-6-4-9/h9-11H,3-8H2. The predicted molar refractivity (Wildman–Crippen MR) is 46.7 cm³/mol. The topological polar surface area (TPSA) is 41.5 Å². The van der Waals surface area contributed by atoms with Gasteiger partial charge in [0, 0.05) is 0 Å². The molecule has 0 aliphatic carbocycles. The van der Waals surface area contributed by atoms with Crippen LogP contribution in [0.25, 0.3) is 0 Å². The van der Waals surface area contributed by atoms with Gasteiger partial charge in [-0.3, -0.25) is 0 Å². The Bertz CT molecular complexity index is 165. The normalized spacial score (nSPS) is 18.4. The lowest BCUT2D eigenvalue weighted by molar-refractivity contribution is 0.0547. The lowest BCUT2D eigenvalue weighted by Gasteiger charge is -2.21. The van der Waals surface area contributed by atoms with Gasteiger partial charge in [0.15, 0.2) is 0 Å². The molecule has 0 aromatic rings. The third-order valence-corrected chi connectivity index (χ3v) is 1.88. The first kappa shape index (κ1) is 9.53. The van der Waals surface area contributed by atoms with Crippen molar-refractivity contribution in [1.82, 2.24) is 5.32 Å². The van der Waals surface area contributed by atoms with Gasteiger partial charge in [0.05, 0.1) is 6.10 Å². The Morgan fingerprint density at radius 3 is 2.75 bits per heavy atom. The van der Waals surface area contributed by atoms with Crippen LogP contribution in [0.1, 0.15) is 12.8 Å². The fraction of sp³-hybridized carbons (Fsp3) is 0.778. The number of piperidine rings is 1. The summed E-state index contributed by atoms with van der Waals surface area (Å²) in [6.07, 6.45) is 2.50. The first-order chi connectivity index (χ1) is 5.93. The van der Waals surface area contributed by atoms with Crippen molar-refractivity contribution in [1.29, 1.82) is 0 Å². The van der Waals surface area contributed by atoms with E-state index in [1.165, 1.54) is 0 Å². The van der Waals surface area contributed by atoms with E-state index >= 15 is 0 Å². The minimum atomic E-state index is -0.0738. The smallest absolute Gasteiger partial charge is 0.108 e. The molecule has 12 heavy (non-hydrogen) atoms. The average molecular weight is 169 g/mol.